The number of rotatable bonds is 6. The molecule has 0 bridgehead atoms. The number of aryl methyl sites for hydroxylation is 1. The summed E-state index contributed by atoms with van der Waals surface area (Å²) in [5.74, 6) is -0.992. The fourth-order valence-corrected chi connectivity index (χ4v) is 3.01. The van der Waals surface area contributed by atoms with Gasteiger partial charge in [0.15, 0.2) is 0 Å². The van der Waals surface area contributed by atoms with Crippen LogP contribution >= 0.6 is 11.6 Å². The number of nitrogens with one attached hydrogen (secondary N) is 2. The van der Waals surface area contributed by atoms with Gasteiger partial charge in [-0.25, -0.2) is 4.39 Å². The van der Waals surface area contributed by atoms with Crippen molar-refractivity contribution in [2.45, 2.75) is 19.9 Å². The summed E-state index contributed by atoms with van der Waals surface area (Å²) >= 11 is 6.07. The van der Waals surface area contributed by atoms with Crippen molar-refractivity contribution in [1.29, 1.82) is 0 Å². The van der Waals surface area contributed by atoms with Crippen molar-refractivity contribution in [2.24, 2.45) is 11.8 Å². The second-order valence-corrected chi connectivity index (χ2v) is 6.99. The van der Waals surface area contributed by atoms with E-state index >= 15 is 0 Å². The van der Waals surface area contributed by atoms with E-state index in [4.69, 9.17) is 16.3 Å². The molecular weight excluding hydrogens is 371 g/mol. The zero-order valence-electron chi connectivity index (χ0n) is 15.0. The molecule has 2 N–H and O–H groups in total. The second-order valence-electron chi connectivity index (χ2n) is 6.58. The van der Waals surface area contributed by atoms with Gasteiger partial charge in [0, 0.05) is 17.6 Å². The van der Waals surface area contributed by atoms with Crippen molar-refractivity contribution in [3.63, 3.8) is 0 Å². The number of hydrogen-bond acceptors (Lipinski definition) is 3. The lowest BCUT2D eigenvalue weighted by atomic mass is 10.2. The maximum Gasteiger partial charge on any atom is 0.228 e. The Morgan fingerprint density at radius 1 is 1.19 bits per heavy atom. The number of carbonyl (C=O) groups is 2. The Morgan fingerprint density at radius 3 is 2.52 bits per heavy atom. The molecule has 3 rings (SSSR count). The molecule has 142 valence electrons. The van der Waals surface area contributed by atoms with E-state index in [-0.39, 0.29) is 29.5 Å². The van der Waals surface area contributed by atoms with Crippen LogP contribution in [0.4, 0.5) is 10.1 Å². The van der Waals surface area contributed by atoms with Crippen LogP contribution in [0.25, 0.3) is 0 Å². The highest BCUT2D eigenvalue weighted by molar-refractivity contribution is 6.31. The van der Waals surface area contributed by atoms with Crippen LogP contribution in [-0.4, -0.2) is 18.9 Å². The first-order valence-corrected chi connectivity index (χ1v) is 8.94. The normalized spacial score (nSPS) is 17.9. The molecule has 2 atom stereocenters. The lowest BCUT2D eigenvalue weighted by Gasteiger charge is -2.12. The molecule has 0 saturated heterocycles. The maximum absolute atomic E-state index is 12.9. The average Bonchev–Trinajstić information content (AvgIpc) is 3.45. The Hall–Kier alpha value is -2.60. The molecule has 2 aromatic rings. The van der Waals surface area contributed by atoms with E-state index in [9.17, 15) is 14.0 Å². The predicted molar refractivity (Wildman–Crippen MR) is 101 cm³/mol. The summed E-state index contributed by atoms with van der Waals surface area (Å²) in [7, 11) is 1.50. The van der Waals surface area contributed by atoms with Gasteiger partial charge < -0.3 is 15.4 Å². The molecule has 0 spiro atoms. The summed E-state index contributed by atoms with van der Waals surface area (Å²) in [6.07, 6.45) is 0.496. The Morgan fingerprint density at radius 2 is 1.85 bits per heavy atom. The third-order valence-electron chi connectivity index (χ3n) is 4.58. The fraction of sp³-hybridized carbons (Fsp3) is 0.300. The van der Waals surface area contributed by atoms with Gasteiger partial charge in [-0.1, -0.05) is 23.7 Å². The maximum atomic E-state index is 12.9. The lowest BCUT2D eigenvalue weighted by molar-refractivity contribution is -0.125. The summed E-state index contributed by atoms with van der Waals surface area (Å²) in [6, 6.07) is 9.30. The Balaban J connectivity index is 1.55. The van der Waals surface area contributed by atoms with Crippen molar-refractivity contribution < 1.29 is 18.7 Å². The smallest absolute Gasteiger partial charge is 0.228 e. The first kappa shape index (κ1) is 19.2. The van der Waals surface area contributed by atoms with Gasteiger partial charge in [-0.05, 0) is 42.7 Å². The van der Waals surface area contributed by atoms with Gasteiger partial charge in [-0.2, -0.15) is 0 Å². The van der Waals surface area contributed by atoms with Crippen LogP contribution < -0.4 is 15.4 Å². The number of amides is 2. The molecule has 0 aromatic heterocycles. The van der Waals surface area contributed by atoms with Crippen LogP contribution in [0, 0.1) is 24.6 Å². The topological polar surface area (TPSA) is 67.4 Å². The number of anilines is 1. The highest BCUT2D eigenvalue weighted by Crippen LogP contribution is 2.40. The fourth-order valence-electron chi connectivity index (χ4n) is 2.85. The highest BCUT2D eigenvalue weighted by Gasteiger charge is 2.48. The van der Waals surface area contributed by atoms with Crippen molar-refractivity contribution in [3.05, 3.63) is 58.4 Å². The first-order chi connectivity index (χ1) is 12.9. The van der Waals surface area contributed by atoms with Gasteiger partial charge >= 0.3 is 0 Å². The monoisotopic (exact) mass is 390 g/mol. The van der Waals surface area contributed by atoms with E-state index < -0.39 is 0 Å². The minimum Gasteiger partial charge on any atom is -0.495 e. The van der Waals surface area contributed by atoms with Crippen molar-refractivity contribution in [1.82, 2.24) is 5.32 Å². The average molecular weight is 391 g/mol. The number of ether oxygens (including phenoxy) is 1. The largest absolute Gasteiger partial charge is 0.495 e. The summed E-state index contributed by atoms with van der Waals surface area (Å²) in [5.41, 5.74) is 2.15. The third-order valence-corrected chi connectivity index (χ3v) is 4.99. The van der Waals surface area contributed by atoms with E-state index in [0.717, 1.165) is 11.1 Å². The number of hydrogen-bond donors (Lipinski definition) is 2. The zero-order valence-corrected chi connectivity index (χ0v) is 15.8. The van der Waals surface area contributed by atoms with Gasteiger partial charge in [0.2, 0.25) is 11.8 Å². The van der Waals surface area contributed by atoms with Crippen LogP contribution in [0.15, 0.2) is 36.4 Å². The highest BCUT2D eigenvalue weighted by atomic mass is 35.5. The van der Waals surface area contributed by atoms with Crippen molar-refractivity contribution in [2.75, 3.05) is 12.4 Å². The van der Waals surface area contributed by atoms with Gasteiger partial charge in [-0.3, -0.25) is 9.59 Å². The Kier molecular flexibility index (Phi) is 5.65. The predicted octanol–water partition coefficient (Wildman–Crippen LogP) is 3.69. The van der Waals surface area contributed by atoms with Crippen LogP contribution in [0.1, 0.15) is 17.5 Å². The van der Waals surface area contributed by atoms with Gasteiger partial charge in [0.05, 0.1) is 24.6 Å². The molecule has 0 heterocycles. The van der Waals surface area contributed by atoms with E-state index in [1.807, 2.05) is 6.92 Å². The van der Waals surface area contributed by atoms with Crippen LogP contribution in [0.3, 0.4) is 0 Å². The number of carbonyl (C=O) groups excluding carboxylic acids is 2. The minimum atomic E-state index is -0.376. The van der Waals surface area contributed by atoms with E-state index in [2.05, 4.69) is 10.6 Å². The van der Waals surface area contributed by atoms with Crippen LogP contribution in [0.5, 0.6) is 5.75 Å². The zero-order chi connectivity index (χ0) is 19.6. The number of halogens is 2. The van der Waals surface area contributed by atoms with Gasteiger partial charge in [0.25, 0.3) is 0 Å². The quantitative estimate of drug-likeness (QED) is 0.790. The molecule has 27 heavy (non-hydrogen) atoms. The SMILES string of the molecule is COc1cc(Cl)c(C)cc1NC(=O)C1CC1C(=O)NCc1ccc(F)cc1. The van der Waals surface area contributed by atoms with Gasteiger partial charge in [0.1, 0.15) is 11.6 Å². The molecular formula is C20H20ClFN2O3. The van der Waals surface area contributed by atoms with E-state index in [0.29, 0.717) is 29.4 Å². The first-order valence-electron chi connectivity index (χ1n) is 8.56. The van der Waals surface area contributed by atoms with Gasteiger partial charge in [-0.15, -0.1) is 0 Å². The molecule has 1 aliphatic carbocycles. The van der Waals surface area contributed by atoms with Crippen LogP contribution in [-0.2, 0) is 16.1 Å². The number of methoxy groups -OCH3 is 1. The molecule has 1 fully saturated rings. The minimum absolute atomic E-state index is 0.182. The standard InChI is InChI=1S/C20H20ClFN2O3/c1-11-7-17(18(27-2)9-16(11)21)24-20(26)15-8-14(15)19(25)23-10-12-3-5-13(22)6-4-12/h3-7,9,14-15H,8,10H2,1-2H3,(H,23,25)(H,24,26). The number of benzene rings is 2. The third kappa shape index (κ3) is 4.57. The van der Waals surface area contributed by atoms with E-state index in [1.165, 1.54) is 19.2 Å². The summed E-state index contributed by atoms with van der Waals surface area (Å²) < 4.78 is 18.1. The summed E-state index contributed by atoms with van der Waals surface area (Å²) in [5, 5.41) is 6.15. The molecule has 1 aliphatic rings. The second kappa shape index (κ2) is 7.96. The lowest BCUT2D eigenvalue weighted by Crippen LogP contribution is -2.27. The Labute approximate surface area is 161 Å². The Bertz CT molecular complexity index is 870. The molecule has 7 heteroatoms. The van der Waals surface area contributed by atoms with E-state index in [1.54, 1.807) is 24.3 Å². The molecule has 2 aromatic carbocycles. The molecule has 1 saturated carbocycles. The van der Waals surface area contributed by atoms with Crippen molar-refractivity contribution in [3.8, 4) is 5.75 Å². The van der Waals surface area contributed by atoms with Crippen LogP contribution in [0.2, 0.25) is 5.02 Å². The molecule has 0 radical (unpaired) electrons. The van der Waals surface area contributed by atoms with Crippen molar-refractivity contribution >= 4 is 29.1 Å². The molecule has 5 nitrogen and oxygen atoms in total. The summed E-state index contributed by atoms with van der Waals surface area (Å²) in [6.45, 7) is 2.13. The summed E-state index contributed by atoms with van der Waals surface area (Å²) in [4.78, 5) is 24.7. The molecule has 0 aliphatic heterocycles. The molecule has 2 unspecified atom stereocenters. The molecule has 2 amide bonds.